The van der Waals surface area contributed by atoms with Gasteiger partial charge in [0.1, 0.15) is 0 Å². The first kappa shape index (κ1) is 19.6. The van der Waals surface area contributed by atoms with Crippen molar-refractivity contribution in [3.8, 4) is 0 Å². The predicted octanol–water partition coefficient (Wildman–Crippen LogP) is 5.13. The first-order valence-corrected chi connectivity index (χ1v) is 10.4. The summed E-state index contributed by atoms with van der Waals surface area (Å²) in [5.74, 6) is 0.938. The molecule has 0 bridgehead atoms. The van der Waals surface area contributed by atoms with Gasteiger partial charge in [-0.1, -0.05) is 35.3 Å². The van der Waals surface area contributed by atoms with Gasteiger partial charge >= 0.3 is 0 Å². The van der Waals surface area contributed by atoms with Crippen LogP contribution in [-0.2, 0) is 5.75 Å². The van der Waals surface area contributed by atoms with Crippen LogP contribution in [0.15, 0.2) is 47.4 Å². The number of hydrogen-bond acceptors (Lipinski definition) is 3. The maximum atomic E-state index is 12.8. The van der Waals surface area contributed by atoms with E-state index in [-0.39, 0.29) is 18.4 Å². The second kappa shape index (κ2) is 9.14. The van der Waals surface area contributed by atoms with Gasteiger partial charge in [0.05, 0.1) is 5.02 Å². The van der Waals surface area contributed by atoms with Gasteiger partial charge < -0.3 is 10.0 Å². The third-order valence-electron chi connectivity index (χ3n) is 4.53. The van der Waals surface area contributed by atoms with Crippen LogP contribution in [0.4, 0.5) is 0 Å². The van der Waals surface area contributed by atoms with Crippen molar-refractivity contribution in [1.82, 2.24) is 4.90 Å². The smallest absolute Gasteiger partial charge is 0.253 e. The summed E-state index contributed by atoms with van der Waals surface area (Å²) in [6, 6.07) is 13.1. The van der Waals surface area contributed by atoms with E-state index >= 15 is 0 Å². The Kier molecular flexibility index (Phi) is 6.87. The van der Waals surface area contributed by atoms with Crippen LogP contribution in [0.25, 0.3) is 0 Å². The van der Waals surface area contributed by atoms with Gasteiger partial charge in [0.25, 0.3) is 5.91 Å². The maximum Gasteiger partial charge on any atom is 0.253 e. The maximum absolute atomic E-state index is 12.8. The standard InChI is InChI=1S/C20H21Cl2NO2S/c21-17-6-7-18(22)19(10-17)26-13-14-3-1-5-16(9-14)20(25)23-8-2-4-15(11-23)12-24/h1,3,5-7,9-10,15,24H,2,4,8,11-13H2. The van der Waals surface area contributed by atoms with Crippen LogP contribution in [0.2, 0.25) is 10.0 Å². The normalized spacial score (nSPS) is 17.3. The molecular formula is C20H21Cl2NO2S. The van der Waals surface area contributed by atoms with Crippen molar-refractivity contribution < 1.29 is 9.90 Å². The zero-order chi connectivity index (χ0) is 18.5. The molecule has 1 aliphatic heterocycles. The SMILES string of the molecule is O=C(c1cccc(CSc2cc(Cl)ccc2Cl)c1)N1CCCC(CO)C1. The van der Waals surface area contributed by atoms with Crippen LogP contribution in [0.5, 0.6) is 0 Å². The minimum Gasteiger partial charge on any atom is -0.396 e. The highest BCUT2D eigenvalue weighted by atomic mass is 35.5. The molecule has 0 aromatic heterocycles. The average Bonchev–Trinajstić information content (AvgIpc) is 2.68. The summed E-state index contributed by atoms with van der Waals surface area (Å²) >= 11 is 13.8. The second-order valence-corrected chi connectivity index (χ2v) is 8.37. The molecule has 0 spiro atoms. The predicted molar refractivity (Wildman–Crippen MR) is 108 cm³/mol. The lowest BCUT2D eigenvalue weighted by atomic mass is 9.98. The molecule has 1 atom stereocenters. The Morgan fingerprint density at radius 1 is 1.23 bits per heavy atom. The zero-order valence-corrected chi connectivity index (χ0v) is 16.7. The molecule has 1 fully saturated rings. The molecule has 2 aromatic carbocycles. The molecule has 1 saturated heterocycles. The fourth-order valence-electron chi connectivity index (χ4n) is 3.12. The summed E-state index contributed by atoms with van der Waals surface area (Å²) in [6.07, 6.45) is 1.93. The first-order valence-electron chi connectivity index (χ1n) is 8.63. The van der Waals surface area contributed by atoms with Gasteiger partial charge in [-0.3, -0.25) is 4.79 Å². The van der Waals surface area contributed by atoms with Crippen LogP contribution >= 0.6 is 35.0 Å². The number of thioether (sulfide) groups is 1. The number of carbonyl (C=O) groups excluding carboxylic acids is 1. The number of aliphatic hydroxyl groups excluding tert-OH is 1. The van der Waals surface area contributed by atoms with Crippen molar-refractivity contribution in [1.29, 1.82) is 0 Å². The number of rotatable bonds is 5. The summed E-state index contributed by atoms with van der Waals surface area (Å²) in [5.41, 5.74) is 1.76. The molecule has 2 aromatic rings. The van der Waals surface area contributed by atoms with Crippen molar-refractivity contribution >= 4 is 40.9 Å². The van der Waals surface area contributed by atoms with Gasteiger partial charge in [-0.25, -0.2) is 0 Å². The van der Waals surface area contributed by atoms with Crippen LogP contribution in [0.3, 0.4) is 0 Å². The Balaban J connectivity index is 1.68. The number of halogens is 2. The first-order chi connectivity index (χ1) is 12.6. The molecule has 1 N–H and O–H groups in total. The molecule has 3 nitrogen and oxygen atoms in total. The number of piperidine rings is 1. The number of aliphatic hydroxyl groups is 1. The molecular weight excluding hydrogens is 389 g/mol. The lowest BCUT2D eigenvalue weighted by Gasteiger charge is -2.32. The molecule has 3 rings (SSSR count). The summed E-state index contributed by atoms with van der Waals surface area (Å²) in [4.78, 5) is 15.6. The summed E-state index contributed by atoms with van der Waals surface area (Å²) < 4.78 is 0. The Morgan fingerprint density at radius 3 is 2.88 bits per heavy atom. The minimum absolute atomic E-state index is 0.0378. The highest BCUT2D eigenvalue weighted by Gasteiger charge is 2.24. The van der Waals surface area contributed by atoms with E-state index in [2.05, 4.69) is 0 Å². The van der Waals surface area contributed by atoms with Gasteiger partial charge in [0.2, 0.25) is 0 Å². The lowest BCUT2D eigenvalue weighted by molar-refractivity contribution is 0.0620. The second-order valence-electron chi connectivity index (χ2n) is 6.51. The molecule has 0 aliphatic carbocycles. The van der Waals surface area contributed by atoms with E-state index in [1.807, 2.05) is 35.2 Å². The van der Waals surface area contributed by atoms with Crippen LogP contribution in [-0.4, -0.2) is 35.6 Å². The van der Waals surface area contributed by atoms with E-state index in [0.29, 0.717) is 27.9 Å². The summed E-state index contributed by atoms with van der Waals surface area (Å²) in [6.45, 7) is 1.53. The average molecular weight is 410 g/mol. The highest BCUT2D eigenvalue weighted by Crippen LogP contribution is 2.32. The Morgan fingerprint density at radius 2 is 2.08 bits per heavy atom. The Labute approximate surface area is 168 Å². The van der Waals surface area contributed by atoms with Crippen molar-refractivity contribution in [3.05, 3.63) is 63.6 Å². The van der Waals surface area contributed by atoms with Crippen molar-refractivity contribution in [2.24, 2.45) is 5.92 Å². The lowest BCUT2D eigenvalue weighted by Crippen LogP contribution is -2.40. The van der Waals surface area contributed by atoms with Crippen molar-refractivity contribution in [2.45, 2.75) is 23.5 Å². The van der Waals surface area contributed by atoms with Gasteiger partial charge in [0, 0.05) is 40.9 Å². The fourth-order valence-corrected chi connectivity index (χ4v) is 4.56. The van der Waals surface area contributed by atoms with Crippen LogP contribution in [0, 0.1) is 5.92 Å². The van der Waals surface area contributed by atoms with E-state index in [9.17, 15) is 9.90 Å². The molecule has 0 saturated carbocycles. The molecule has 1 unspecified atom stereocenters. The van der Waals surface area contributed by atoms with Gasteiger partial charge in [-0.05, 0) is 54.7 Å². The topological polar surface area (TPSA) is 40.5 Å². The minimum atomic E-state index is 0.0378. The van der Waals surface area contributed by atoms with E-state index < -0.39 is 0 Å². The van der Waals surface area contributed by atoms with Gasteiger partial charge in [-0.2, -0.15) is 0 Å². The van der Waals surface area contributed by atoms with E-state index in [4.69, 9.17) is 23.2 Å². The summed E-state index contributed by atoms with van der Waals surface area (Å²) in [7, 11) is 0. The molecule has 138 valence electrons. The molecule has 1 aliphatic rings. The largest absolute Gasteiger partial charge is 0.396 e. The molecule has 6 heteroatoms. The number of amides is 1. The van der Waals surface area contributed by atoms with Gasteiger partial charge in [0.15, 0.2) is 0 Å². The quantitative estimate of drug-likeness (QED) is 0.695. The third kappa shape index (κ3) is 4.95. The van der Waals surface area contributed by atoms with E-state index in [1.54, 1.807) is 23.9 Å². The number of benzene rings is 2. The van der Waals surface area contributed by atoms with E-state index in [1.165, 1.54) is 0 Å². The van der Waals surface area contributed by atoms with E-state index in [0.717, 1.165) is 29.8 Å². The fraction of sp³-hybridized carbons (Fsp3) is 0.350. The molecule has 26 heavy (non-hydrogen) atoms. The van der Waals surface area contributed by atoms with Crippen molar-refractivity contribution in [3.63, 3.8) is 0 Å². The number of hydrogen-bond donors (Lipinski definition) is 1. The zero-order valence-electron chi connectivity index (χ0n) is 14.3. The Hall–Kier alpha value is -1.20. The Bertz CT molecular complexity index is 784. The van der Waals surface area contributed by atoms with Gasteiger partial charge in [-0.15, -0.1) is 11.8 Å². The van der Waals surface area contributed by atoms with Crippen LogP contribution < -0.4 is 0 Å². The summed E-state index contributed by atoms with van der Waals surface area (Å²) in [5, 5.41) is 10.7. The number of nitrogens with zero attached hydrogens (tertiary/aromatic N) is 1. The molecule has 1 amide bonds. The highest BCUT2D eigenvalue weighted by molar-refractivity contribution is 7.98. The monoisotopic (exact) mass is 409 g/mol. The third-order valence-corrected chi connectivity index (χ3v) is 6.33. The molecule has 1 heterocycles. The number of likely N-dealkylation sites (tertiary alicyclic amines) is 1. The van der Waals surface area contributed by atoms with Crippen LogP contribution in [0.1, 0.15) is 28.8 Å². The van der Waals surface area contributed by atoms with Crippen molar-refractivity contribution in [2.75, 3.05) is 19.7 Å². The molecule has 0 radical (unpaired) electrons. The number of carbonyl (C=O) groups is 1.